The maximum Gasteiger partial charge on any atom is 0.291 e. The number of rotatable bonds is 2. The Kier molecular flexibility index (Phi) is 2.97. The number of hydrogen-bond acceptors (Lipinski definition) is 3. The lowest BCUT2D eigenvalue weighted by molar-refractivity contribution is -0.133. The normalized spacial score (nSPS) is 8.86. The van der Waals surface area contributed by atoms with E-state index < -0.39 is 11.7 Å². The minimum atomic E-state index is -0.658. The van der Waals surface area contributed by atoms with Crippen molar-refractivity contribution in [3.63, 3.8) is 0 Å². The van der Waals surface area contributed by atoms with Crippen molar-refractivity contribution in [2.24, 2.45) is 0 Å². The first kappa shape index (κ1) is 9.93. The summed E-state index contributed by atoms with van der Waals surface area (Å²) in [6.07, 6.45) is 0. The van der Waals surface area contributed by atoms with Crippen LogP contribution in [0.4, 0.5) is 5.69 Å². The fourth-order valence-corrected chi connectivity index (χ4v) is 0.847. The molecule has 1 aromatic rings. The topological polar surface area (TPSA) is 70.0 Å². The van der Waals surface area contributed by atoms with Crippen molar-refractivity contribution in [1.29, 1.82) is 5.26 Å². The number of Topliss-reactive ketones (excluding diaryl/α,β-unsaturated/α-hetero) is 1. The van der Waals surface area contributed by atoms with Crippen molar-refractivity contribution in [2.45, 2.75) is 6.92 Å². The minimum absolute atomic E-state index is 0.504. The first-order valence-corrected chi connectivity index (χ1v) is 3.95. The molecule has 4 nitrogen and oxygen atoms in total. The summed E-state index contributed by atoms with van der Waals surface area (Å²) in [4.78, 5) is 21.5. The lowest BCUT2D eigenvalue weighted by atomic mass is 10.2. The van der Waals surface area contributed by atoms with Gasteiger partial charge in [0, 0.05) is 12.6 Å². The monoisotopic (exact) mass is 188 g/mol. The van der Waals surface area contributed by atoms with Gasteiger partial charge in [0.1, 0.15) is 0 Å². The second-order valence-corrected chi connectivity index (χ2v) is 2.70. The first-order chi connectivity index (χ1) is 6.63. The van der Waals surface area contributed by atoms with Crippen molar-refractivity contribution < 1.29 is 9.59 Å². The fraction of sp³-hybridized carbons (Fsp3) is 0.100. The summed E-state index contributed by atoms with van der Waals surface area (Å²) in [5, 5.41) is 10.9. The van der Waals surface area contributed by atoms with Gasteiger partial charge in [-0.25, -0.2) is 0 Å². The molecule has 0 saturated heterocycles. The molecule has 1 rings (SSSR count). The molecular formula is C10H8N2O2. The van der Waals surface area contributed by atoms with Crippen molar-refractivity contribution in [2.75, 3.05) is 5.32 Å². The summed E-state index contributed by atoms with van der Waals surface area (Å²) in [6, 6.07) is 8.22. The summed E-state index contributed by atoms with van der Waals surface area (Å²) in [6.45, 7) is 1.19. The summed E-state index contributed by atoms with van der Waals surface area (Å²) in [5.41, 5.74) is 1.01. The van der Waals surface area contributed by atoms with Crippen LogP contribution >= 0.6 is 0 Å². The Balaban J connectivity index is 2.75. The predicted molar refractivity (Wildman–Crippen MR) is 50.5 cm³/mol. The van der Waals surface area contributed by atoms with Crippen LogP contribution in [0.1, 0.15) is 12.5 Å². The SMILES string of the molecule is CC(=O)C(=O)Nc1ccc(C#N)cc1. The van der Waals surface area contributed by atoms with E-state index in [1.165, 1.54) is 6.92 Å². The van der Waals surface area contributed by atoms with Crippen molar-refractivity contribution in [3.05, 3.63) is 29.8 Å². The number of nitriles is 1. The predicted octanol–water partition coefficient (Wildman–Crippen LogP) is 1.09. The molecule has 0 aliphatic rings. The quantitative estimate of drug-likeness (QED) is 0.706. The average Bonchev–Trinajstić information content (AvgIpc) is 2.19. The van der Waals surface area contributed by atoms with Gasteiger partial charge >= 0.3 is 0 Å². The summed E-state index contributed by atoms with van der Waals surface area (Å²) in [7, 11) is 0. The molecule has 0 bridgehead atoms. The smallest absolute Gasteiger partial charge is 0.291 e. The lowest BCUT2D eigenvalue weighted by Crippen LogP contribution is -2.19. The number of carbonyl (C=O) groups is 2. The van der Waals surface area contributed by atoms with E-state index in [4.69, 9.17) is 5.26 Å². The Morgan fingerprint density at radius 3 is 2.29 bits per heavy atom. The number of benzene rings is 1. The van der Waals surface area contributed by atoms with Gasteiger partial charge in [0.05, 0.1) is 11.6 Å². The van der Waals surface area contributed by atoms with Gasteiger partial charge in [-0.15, -0.1) is 0 Å². The van der Waals surface area contributed by atoms with Gasteiger partial charge in [0.15, 0.2) is 0 Å². The number of nitrogens with one attached hydrogen (secondary N) is 1. The molecule has 0 heterocycles. The summed E-state index contributed by atoms with van der Waals surface area (Å²) < 4.78 is 0. The van der Waals surface area contributed by atoms with Crippen LogP contribution in [-0.2, 0) is 9.59 Å². The highest BCUT2D eigenvalue weighted by atomic mass is 16.2. The Labute approximate surface area is 81.2 Å². The van der Waals surface area contributed by atoms with Crippen LogP contribution in [-0.4, -0.2) is 11.7 Å². The molecule has 1 aromatic carbocycles. The summed E-state index contributed by atoms with van der Waals surface area (Å²) >= 11 is 0. The van der Waals surface area contributed by atoms with Gasteiger partial charge in [-0.05, 0) is 24.3 Å². The Bertz CT molecular complexity index is 401. The standard InChI is InChI=1S/C10H8N2O2/c1-7(13)10(14)12-9-4-2-8(6-11)3-5-9/h2-5H,1H3,(H,12,14). The number of nitrogens with zero attached hydrogens (tertiary/aromatic N) is 1. The number of anilines is 1. The molecule has 0 fully saturated rings. The van der Waals surface area contributed by atoms with Gasteiger partial charge in [-0.2, -0.15) is 5.26 Å². The molecule has 0 atom stereocenters. The van der Waals surface area contributed by atoms with Crippen LogP contribution in [0.5, 0.6) is 0 Å². The van der Waals surface area contributed by atoms with Crippen molar-refractivity contribution in [1.82, 2.24) is 0 Å². The van der Waals surface area contributed by atoms with Gasteiger partial charge in [-0.1, -0.05) is 0 Å². The molecule has 0 aromatic heterocycles. The third-order valence-corrected chi connectivity index (χ3v) is 1.59. The zero-order valence-electron chi connectivity index (χ0n) is 7.57. The van der Waals surface area contributed by atoms with E-state index in [2.05, 4.69) is 5.32 Å². The van der Waals surface area contributed by atoms with E-state index in [0.29, 0.717) is 11.3 Å². The molecule has 0 saturated carbocycles. The van der Waals surface area contributed by atoms with E-state index in [1.807, 2.05) is 6.07 Å². The van der Waals surface area contributed by atoms with Crippen LogP contribution in [0.2, 0.25) is 0 Å². The number of carbonyl (C=O) groups excluding carboxylic acids is 2. The third-order valence-electron chi connectivity index (χ3n) is 1.59. The summed E-state index contributed by atoms with van der Waals surface area (Å²) in [5.74, 6) is -1.20. The maximum absolute atomic E-state index is 10.9. The lowest BCUT2D eigenvalue weighted by Gasteiger charge is -2.01. The molecular weight excluding hydrogens is 180 g/mol. The first-order valence-electron chi connectivity index (χ1n) is 3.95. The van der Waals surface area contributed by atoms with Crippen LogP contribution < -0.4 is 5.32 Å². The number of amides is 1. The van der Waals surface area contributed by atoms with Gasteiger partial charge in [0.25, 0.3) is 5.91 Å². The van der Waals surface area contributed by atoms with E-state index >= 15 is 0 Å². The third kappa shape index (κ3) is 2.42. The second kappa shape index (κ2) is 4.19. The van der Waals surface area contributed by atoms with Crippen LogP contribution in [0, 0.1) is 11.3 Å². The molecule has 0 spiro atoms. The van der Waals surface area contributed by atoms with Gasteiger partial charge in [0.2, 0.25) is 5.78 Å². The highest BCUT2D eigenvalue weighted by molar-refractivity contribution is 6.39. The van der Waals surface area contributed by atoms with Gasteiger partial charge in [-0.3, -0.25) is 9.59 Å². The molecule has 4 heteroatoms. The molecule has 0 unspecified atom stereocenters. The Morgan fingerprint density at radius 2 is 1.86 bits per heavy atom. The largest absolute Gasteiger partial charge is 0.319 e. The Hall–Kier alpha value is -2.15. The van der Waals surface area contributed by atoms with Crippen molar-refractivity contribution in [3.8, 4) is 6.07 Å². The number of ketones is 1. The molecule has 14 heavy (non-hydrogen) atoms. The van der Waals surface area contributed by atoms with E-state index in [1.54, 1.807) is 24.3 Å². The van der Waals surface area contributed by atoms with E-state index in [-0.39, 0.29) is 0 Å². The fourth-order valence-electron chi connectivity index (χ4n) is 0.847. The van der Waals surface area contributed by atoms with Crippen LogP contribution in [0.25, 0.3) is 0 Å². The van der Waals surface area contributed by atoms with Crippen molar-refractivity contribution >= 4 is 17.4 Å². The van der Waals surface area contributed by atoms with Gasteiger partial charge < -0.3 is 5.32 Å². The highest BCUT2D eigenvalue weighted by Gasteiger charge is 2.06. The number of hydrogen-bond donors (Lipinski definition) is 1. The zero-order chi connectivity index (χ0) is 10.6. The molecule has 0 aliphatic carbocycles. The molecule has 1 N–H and O–H groups in total. The molecule has 1 amide bonds. The maximum atomic E-state index is 10.9. The van der Waals surface area contributed by atoms with Crippen LogP contribution in [0.15, 0.2) is 24.3 Å². The zero-order valence-corrected chi connectivity index (χ0v) is 7.57. The minimum Gasteiger partial charge on any atom is -0.319 e. The average molecular weight is 188 g/mol. The molecule has 0 aliphatic heterocycles. The second-order valence-electron chi connectivity index (χ2n) is 2.70. The van der Waals surface area contributed by atoms with E-state index in [0.717, 1.165) is 0 Å². The Morgan fingerprint density at radius 1 is 1.29 bits per heavy atom. The van der Waals surface area contributed by atoms with Crippen LogP contribution in [0.3, 0.4) is 0 Å². The highest BCUT2D eigenvalue weighted by Crippen LogP contribution is 2.08. The molecule has 0 radical (unpaired) electrons. The molecule has 70 valence electrons. The van der Waals surface area contributed by atoms with E-state index in [9.17, 15) is 9.59 Å².